The van der Waals surface area contributed by atoms with Crippen LogP contribution in [0, 0.1) is 10.8 Å². The number of methoxy groups -OCH3 is 2. The molecule has 1 atom stereocenters. The molecule has 5 heteroatoms. The van der Waals surface area contributed by atoms with Crippen LogP contribution in [0.2, 0.25) is 0 Å². The topological polar surface area (TPSA) is 69.7 Å². The van der Waals surface area contributed by atoms with Gasteiger partial charge in [-0.2, -0.15) is 0 Å². The molecule has 0 radical (unpaired) electrons. The van der Waals surface area contributed by atoms with E-state index < -0.39 is 22.8 Å². The molecule has 1 aliphatic carbocycles. The van der Waals surface area contributed by atoms with Crippen molar-refractivity contribution >= 4 is 18.2 Å². The summed E-state index contributed by atoms with van der Waals surface area (Å²) < 4.78 is 9.51. The maximum absolute atomic E-state index is 12.1. The van der Waals surface area contributed by atoms with Gasteiger partial charge in [0.15, 0.2) is 5.41 Å². The summed E-state index contributed by atoms with van der Waals surface area (Å²) in [4.78, 5) is 35.7. The number of unbranched alkanes of at least 4 members (excludes halogenated alkanes) is 1. The molecule has 0 bridgehead atoms. The van der Waals surface area contributed by atoms with Gasteiger partial charge in [0, 0.05) is 5.41 Å². The van der Waals surface area contributed by atoms with Crippen LogP contribution in [0.1, 0.15) is 39.0 Å². The predicted molar refractivity (Wildman–Crippen MR) is 72.9 cm³/mol. The fourth-order valence-electron chi connectivity index (χ4n) is 2.97. The van der Waals surface area contributed by atoms with E-state index >= 15 is 0 Å². The molecule has 0 N–H and O–H groups in total. The first kappa shape index (κ1) is 16.4. The second-order valence-electron chi connectivity index (χ2n) is 5.40. The number of aldehydes is 1. The molecule has 0 aromatic rings. The molecule has 0 aliphatic heterocycles. The van der Waals surface area contributed by atoms with Crippen LogP contribution in [0.25, 0.3) is 0 Å². The lowest BCUT2D eigenvalue weighted by molar-refractivity contribution is -0.169. The van der Waals surface area contributed by atoms with Crippen LogP contribution >= 0.6 is 0 Å². The molecule has 0 aromatic carbocycles. The average Bonchev–Trinajstić information content (AvgIpc) is 2.78. The first-order chi connectivity index (χ1) is 9.42. The normalized spacial score (nSPS) is 24.2. The third kappa shape index (κ3) is 2.49. The molecule has 1 aliphatic rings. The van der Waals surface area contributed by atoms with Gasteiger partial charge in [0.25, 0.3) is 0 Å². The van der Waals surface area contributed by atoms with E-state index in [1.807, 2.05) is 6.92 Å². The number of hydrogen-bond acceptors (Lipinski definition) is 5. The highest BCUT2D eigenvalue weighted by Crippen LogP contribution is 2.54. The van der Waals surface area contributed by atoms with Crippen LogP contribution in [-0.2, 0) is 23.9 Å². The first-order valence-corrected chi connectivity index (χ1v) is 6.74. The van der Waals surface area contributed by atoms with Gasteiger partial charge in [0.2, 0.25) is 0 Å². The zero-order valence-corrected chi connectivity index (χ0v) is 12.4. The van der Waals surface area contributed by atoms with E-state index in [2.05, 4.69) is 6.58 Å². The summed E-state index contributed by atoms with van der Waals surface area (Å²) in [5.74, 6) is -1.32. The number of carbonyl (C=O) groups is 3. The van der Waals surface area contributed by atoms with Gasteiger partial charge in [0.1, 0.15) is 6.29 Å². The number of ether oxygens (including phenoxy) is 2. The van der Waals surface area contributed by atoms with Gasteiger partial charge < -0.3 is 14.3 Å². The Kier molecular flexibility index (Phi) is 5.09. The molecule has 1 saturated carbocycles. The Bertz CT molecular complexity index is 410. The van der Waals surface area contributed by atoms with Crippen molar-refractivity contribution in [2.75, 3.05) is 14.2 Å². The van der Waals surface area contributed by atoms with Crippen LogP contribution in [-0.4, -0.2) is 32.4 Å². The lowest BCUT2D eigenvalue weighted by Gasteiger charge is -2.26. The van der Waals surface area contributed by atoms with Gasteiger partial charge in [0.05, 0.1) is 14.2 Å². The molecule has 20 heavy (non-hydrogen) atoms. The second kappa shape index (κ2) is 6.20. The molecule has 0 unspecified atom stereocenters. The quantitative estimate of drug-likeness (QED) is 0.323. The maximum atomic E-state index is 12.1. The van der Waals surface area contributed by atoms with Crippen molar-refractivity contribution in [1.82, 2.24) is 0 Å². The fourth-order valence-corrected chi connectivity index (χ4v) is 2.97. The Morgan fingerprint density at radius 3 is 2.25 bits per heavy atom. The molecular weight excluding hydrogens is 260 g/mol. The summed E-state index contributed by atoms with van der Waals surface area (Å²) in [6, 6.07) is 0. The summed E-state index contributed by atoms with van der Waals surface area (Å²) in [7, 11) is 2.45. The lowest BCUT2D eigenvalue weighted by Crippen LogP contribution is -2.40. The van der Waals surface area contributed by atoms with Gasteiger partial charge in [-0.15, -0.1) is 0 Å². The molecule has 112 valence electrons. The van der Waals surface area contributed by atoms with E-state index in [0.717, 1.165) is 19.1 Å². The van der Waals surface area contributed by atoms with E-state index in [9.17, 15) is 14.4 Å². The minimum absolute atomic E-state index is 0.0850. The van der Waals surface area contributed by atoms with Gasteiger partial charge >= 0.3 is 11.9 Å². The molecule has 1 fully saturated rings. The molecule has 0 aromatic heterocycles. The van der Waals surface area contributed by atoms with Crippen molar-refractivity contribution in [3.8, 4) is 0 Å². The summed E-state index contributed by atoms with van der Waals surface area (Å²) in [5.41, 5.74) is -1.66. The van der Waals surface area contributed by atoms with Crippen molar-refractivity contribution in [3.63, 3.8) is 0 Å². The zero-order chi connectivity index (χ0) is 15.4. The second-order valence-corrected chi connectivity index (χ2v) is 5.40. The van der Waals surface area contributed by atoms with E-state index in [4.69, 9.17) is 9.47 Å². The largest absolute Gasteiger partial charge is 0.468 e. The third-order valence-corrected chi connectivity index (χ3v) is 4.19. The Hall–Kier alpha value is -1.65. The Morgan fingerprint density at radius 1 is 1.30 bits per heavy atom. The number of rotatable bonds is 6. The molecule has 0 amide bonds. The van der Waals surface area contributed by atoms with Gasteiger partial charge in [-0.3, -0.25) is 9.59 Å². The third-order valence-electron chi connectivity index (χ3n) is 4.19. The molecular formula is C15H22O5. The monoisotopic (exact) mass is 282 g/mol. The minimum Gasteiger partial charge on any atom is -0.468 e. The Balaban J connectivity index is 3.19. The molecule has 5 nitrogen and oxygen atoms in total. The number of allylic oxidation sites excluding steroid dienone is 1. The van der Waals surface area contributed by atoms with Crippen molar-refractivity contribution in [2.24, 2.45) is 10.8 Å². The van der Waals surface area contributed by atoms with E-state index in [0.29, 0.717) is 12.0 Å². The highest BCUT2D eigenvalue weighted by molar-refractivity contribution is 6.02. The van der Waals surface area contributed by atoms with E-state index in [1.54, 1.807) is 0 Å². The van der Waals surface area contributed by atoms with E-state index in [-0.39, 0.29) is 12.8 Å². The predicted octanol–water partition coefficient (Wildman–Crippen LogP) is 2.04. The summed E-state index contributed by atoms with van der Waals surface area (Å²) in [6.45, 7) is 5.93. The number of hydrogen-bond donors (Lipinski definition) is 0. The number of esters is 2. The standard InChI is InChI=1S/C15H22O5/c1-5-6-7-14(10-16)9-15(8-11(14)2,12(17)19-3)13(18)20-4/h10H,2,5-9H2,1,3-4H3/t14-/m1/s1. The van der Waals surface area contributed by atoms with E-state index in [1.165, 1.54) is 14.2 Å². The minimum atomic E-state index is -1.44. The summed E-state index contributed by atoms with van der Waals surface area (Å²) in [6.07, 6.45) is 3.35. The molecule has 0 spiro atoms. The SMILES string of the molecule is C=C1CC(C(=O)OC)(C(=O)OC)C[C@@]1(C=O)CCCC. The Morgan fingerprint density at radius 2 is 1.85 bits per heavy atom. The summed E-state index contributed by atoms with van der Waals surface area (Å²) in [5, 5.41) is 0. The molecule has 1 rings (SSSR count). The van der Waals surface area contributed by atoms with Gasteiger partial charge in [-0.05, 0) is 19.3 Å². The van der Waals surface area contributed by atoms with Crippen LogP contribution in [0.15, 0.2) is 12.2 Å². The van der Waals surface area contributed by atoms with Crippen molar-refractivity contribution < 1.29 is 23.9 Å². The summed E-state index contributed by atoms with van der Waals surface area (Å²) >= 11 is 0. The van der Waals surface area contributed by atoms with Crippen LogP contribution in [0.5, 0.6) is 0 Å². The van der Waals surface area contributed by atoms with Crippen LogP contribution in [0.4, 0.5) is 0 Å². The van der Waals surface area contributed by atoms with Gasteiger partial charge in [-0.1, -0.05) is 31.9 Å². The van der Waals surface area contributed by atoms with Crippen LogP contribution < -0.4 is 0 Å². The average molecular weight is 282 g/mol. The lowest BCUT2D eigenvalue weighted by atomic mass is 9.76. The highest BCUT2D eigenvalue weighted by atomic mass is 16.5. The zero-order valence-electron chi connectivity index (χ0n) is 12.4. The maximum Gasteiger partial charge on any atom is 0.323 e. The molecule has 0 saturated heterocycles. The van der Waals surface area contributed by atoms with Crippen molar-refractivity contribution in [2.45, 2.75) is 39.0 Å². The van der Waals surface area contributed by atoms with Gasteiger partial charge in [-0.25, -0.2) is 0 Å². The highest BCUT2D eigenvalue weighted by Gasteiger charge is 2.60. The molecule has 0 heterocycles. The fraction of sp³-hybridized carbons (Fsp3) is 0.667. The van der Waals surface area contributed by atoms with Crippen molar-refractivity contribution in [3.05, 3.63) is 12.2 Å². The first-order valence-electron chi connectivity index (χ1n) is 6.74. The smallest absolute Gasteiger partial charge is 0.323 e. The number of carbonyl (C=O) groups excluding carboxylic acids is 3. The van der Waals surface area contributed by atoms with Crippen LogP contribution in [0.3, 0.4) is 0 Å². The van der Waals surface area contributed by atoms with Crippen molar-refractivity contribution in [1.29, 1.82) is 0 Å². The Labute approximate surface area is 119 Å².